The van der Waals surface area contributed by atoms with Crippen molar-refractivity contribution in [1.29, 1.82) is 0 Å². The second-order valence-corrected chi connectivity index (χ2v) is 6.58. The highest BCUT2D eigenvalue weighted by Gasteiger charge is 2.26. The Labute approximate surface area is 137 Å². The largest absolute Gasteiger partial charge is 0.455 e. The summed E-state index contributed by atoms with van der Waals surface area (Å²) in [6.45, 7) is 6.31. The molecule has 0 saturated carbocycles. The maximum Gasteiger partial charge on any atom is 0.148 e. The number of fused-ring (bicyclic) bond motifs is 1. The molecule has 1 aromatic carbocycles. The van der Waals surface area contributed by atoms with Crippen LogP contribution < -0.4 is 4.74 Å². The summed E-state index contributed by atoms with van der Waals surface area (Å²) in [5.74, 6) is 2.91. The molecule has 0 atom stereocenters. The molecule has 0 radical (unpaired) electrons. The molecule has 23 heavy (non-hydrogen) atoms. The molecule has 1 aromatic rings. The fraction of sp³-hybridized carbons (Fsp3) is 0.421. The van der Waals surface area contributed by atoms with Gasteiger partial charge in [-0.05, 0) is 45.0 Å². The molecule has 0 spiro atoms. The predicted molar refractivity (Wildman–Crippen MR) is 92.8 cm³/mol. The molecule has 0 bridgehead atoms. The first kappa shape index (κ1) is 14.5. The van der Waals surface area contributed by atoms with Gasteiger partial charge in [0.15, 0.2) is 0 Å². The van der Waals surface area contributed by atoms with E-state index in [1.807, 2.05) is 0 Å². The van der Waals surface area contributed by atoms with Crippen LogP contribution in [0.2, 0.25) is 0 Å². The summed E-state index contributed by atoms with van der Waals surface area (Å²) in [4.78, 5) is 9.84. The molecular formula is C19H23N3O. The second-order valence-electron chi connectivity index (χ2n) is 6.58. The van der Waals surface area contributed by atoms with Gasteiger partial charge in [-0.25, -0.2) is 4.99 Å². The van der Waals surface area contributed by atoms with Crippen LogP contribution in [0.15, 0.2) is 46.8 Å². The minimum atomic E-state index is 0.908. The van der Waals surface area contributed by atoms with Crippen LogP contribution in [-0.2, 0) is 0 Å². The standard InChI is InChI=1S/C19H23N3O/c1-14-7-8-17-15(13-14)19(22-11-9-21(2)10-12-22)20-16-5-3-4-6-18(16)23-17/h4,6-8,13H,3,5,9-12H2,1-2H3. The Hall–Kier alpha value is -2.07. The number of likely N-dealkylation sites (N-methyl/N-ethyl adjacent to an activating group) is 1. The van der Waals surface area contributed by atoms with Gasteiger partial charge in [0.2, 0.25) is 0 Å². The Morgan fingerprint density at radius 3 is 2.78 bits per heavy atom. The van der Waals surface area contributed by atoms with Gasteiger partial charge < -0.3 is 14.5 Å². The molecule has 2 heterocycles. The minimum absolute atomic E-state index is 0.908. The van der Waals surface area contributed by atoms with Crippen LogP contribution in [0.3, 0.4) is 0 Å². The number of piperazine rings is 1. The van der Waals surface area contributed by atoms with Gasteiger partial charge in [0.25, 0.3) is 0 Å². The average molecular weight is 309 g/mol. The molecule has 1 fully saturated rings. The lowest BCUT2D eigenvalue weighted by atomic mass is 10.1. The molecule has 2 aliphatic heterocycles. The number of aliphatic imine (C=N–C) groups is 1. The molecular weight excluding hydrogens is 286 g/mol. The van der Waals surface area contributed by atoms with Crippen LogP contribution >= 0.6 is 0 Å². The zero-order chi connectivity index (χ0) is 15.8. The fourth-order valence-electron chi connectivity index (χ4n) is 3.31. The third-order valence-corrected chi connectivity index (χ3v) is 4.74. The van der Waals surface area contributed by atoms with Crippen molar-refractivity contribution in [3.63, 3.8) is 0 Å². The summed E-state index contributed by atoms with van der Waals surface area (Å²) >= 11 is 0. The number of hydrogen-bond acceptors (Lipinski definition) is 4. The normalized spacial score (nSPS) is 21.3. The van der Waals surface area contributed by atoms with E-state index >= 15 is 0 Å². The van der Waals surface area contributed by atoms with Gasteiger partial charge in [0.05, 0.1) is 11.3 Å². The Kier molecular flexibility index (Phi) is 3.69. The Morgan fingerprint density at radius 1 is 1.13 bits per heavy atom. The molecule has 0 N–H and O–H groups in total. The summed E-state index contributed by atoms with van der Waals surface area (Å²) in [6, 6.07) is 6.39. The van der Waals surface area contributed by atoms with Gasteiger partial charge in [0, 0.05) is 26.2 Å². The van der Waals surface area contributed by atoms with E-state index in [-0.39, 0.29) is 0 Å². The SMILES string of the molecule is Cc1ccc2c(c1)C(N1CCN(C)CC1)=NC1=C(C=CCC1)O2. The van der Waals surface area contributed by atoms with E-state index in [0.717, 1.165) is 67.6 Å². The minimum Gasteiger partial charge on any atom is -0.455 e. The zero-order valence-corrected chi connectivity index (χ0v) is 13.9. The van der Waals surface area contributed by atoms with Crippen molar-refractivity contribution in [2.45, 2.75) is 19.8 Å². The molecule has 120 valence electrons. The number of rotatable bonds is 0. The first-order valence-electron chi connectivity index (χ1n) is 8.41. The maximum absolute atomic E-state index is 6.20. The smallest absolute Gasteiger partial charge is 0.148 e. The molecule has 1 saturated heterocycles. The van der Waals surface area contributed by atoms with E-state index in [4.69, 9.17) is 9.73 Å². The lowest BCUT2D eigenvalue weighted by Crippen LogP contribution is -2.47. The van der Waals surface area contributed by atoms with E-state index in [1.54, 1.807) is 0 Å². The number of nitrogens with zero attached hydrogens (tertiary/aromatic N) is 3. The third-order valence-electron chi connectivity index (χ3n) is 4.74. The Morgan fingerprint density at radius 2 is 1.96 bits per heavy atom. The van der Waals surface area contributed by atoms with Crippen molar-refractivity contribution in [2.75, 3.05) is 33.2 Å². The van der Waals surface area contributed by atoms with Crippen molar-refractivity contribution < 1.29 is 4.74 Å². The van der Waals surface area contributed by atoms with Crippen LogP contribution in [-0.4, -0.2) is 48.9 Å². The quantitative estimate of drug-likeness (QED) is 0.737. The second kappa shape index (κ2) is 5.85. The number of amidine groups is 1. The van der Waals surface area contributed by atoms with Gasteiger partial charge in [-0.15, -0.1) is 0 Å². The number of ether oxygens (including phenoxy) is 1. The number of aryl methyl sites for hydroxylation is 1. The van der Waals surface area contributed by atoms with Crippen LogP contribution in [0.25, 0.3) is 0 Å². The van der Waals surface area contributed by atoms with Crippen molar-refractivity contribution in [1.82, 2.24) is 9.80 Å². The van der Waals surface area contributed by atoms with E-state index in [1.165, 1.54) is 5.56 Å². The van der Waals surface area contributed by atoms with E-state index in [9.17, 15) is 0 Å². The molecule has 4 heteroatoms. The summed E-state index contributed by atoms with van der Waals surface area (Å²) in [5.41, 5.74) is 3.44. The van der Waals surface area contributed by atoms with Crippen LogP contribution in [0.5, 0.6) is 5.75 Å². The molecule has 3 aliphatic rings. The average Bonchev–Trinajstić information content (AvgIpc) is 2.72. The van der Waals surface area contributed by atoms with Crippen molar-refractivity contribution >= 4 is 5.84 Å². The maximum atomic E-state index is 6.20. The van der Waals surface area contributed by atoms with Crippen LogP contribution in [0.4, 0.5) is 0 Å². The highest BCUT2D eigenvalue weighted by molar-refractivity contribution is 6.02. The Balaban J connectivity index is 1.80. The van der Waals surface area contributed by atoms with Crippen molar-refractivity contribution in [3.8, 4) is 5.75 Å². The highest BCUT2D eigenvalue weighted by atomic mass is 16.5. The first-order valence-corrected chi connectivity index (χ1v) is 8.41. The van der Waals surface area contributed by atoms with Crippen LogP contribution in [0.1, 0.15) is 24.0 Å². The number of benzene rings is 1. The monoisotopic (exact) mass is 309 g/mol. The number of allylic oxidation sites excluding steroid dienone is 3. The third kappa shape index (κ3) is 2.79. The lowest BCUT2D eigenvalue weighted by molar-refractivity contribution is 0.215. The van der Waals surface area contributed by atoms with Gasteiger partial charge in [-0.2, -0.15) is 0 Å². The van der Waals surface area contributed by atoms with Gasteiger partial charge in [-0.3, -0.25) is 0 Å². The molecule has 0 aromatic heterocycles. The zero-order valence-electron chi connectivity index (χ0n) is 13.9. The van der Waals surface area contributed by atoms with Crippen molar-refractivity contribution in [3.05, 3.63) is 52.9 Å². The van der Waals surface area contributed by atoms with E-state index < -0.39 is 0 Å². The molecule has 0 amide bonds. The van der Waals surface area contributed by atoms with Crippen molar-refractivity contribution in [2.24, 2.45) is 4.99 Å². The molecule has 1 aliphatic carbocycles. The van der Waals surface area contributed by atoms with E-state index in [0.29, 0.717) is 0 Å². The highest BCUT2D eigenvalue weighted by Crippen LogP contribution is 2.32. The van der Waals surface area contributed by atoms with Gasteiger partial charge >= 0.3 is 0 Å². The summed E-state index contributed by atoms with van der Waals surface area (Å²) in [6.07, 6.45) is 6.23. The van der Waals surface area contributed by atoms with Gasteiger partial charge in [-0.1, -0.05) is 17.7 Å². The molecule has 0 unspecified atom stereocenters. The molecule has 4 rings (SSSR count). The van der Waals surface area contributed by atoms with E-state index in [2.05, 4.69) is 54.1 Å². The fourth-order valence-corrected chi connectivity index (χ4v) is 3.31. The first-order chi connectivity index (χ1) is 11.2. The predicted octanol–water partition coefficient (Wildman–Crippen LogP) is 2.94. The van der Waals surface area contributed by atoms with Crippen LogP contribution in [0, 0.1) is 6.92 Å². The topological polar surface area (TPSA) is 28.1 Å². The van der Waals surface area contributed by atoms with Gasteiger partial charge in [0.1, 0.15) is 17.3 Å². The lowest BCUT2D eigenvalue weighted by Gasteiger charge is -2.34. The molecule has 4 nitrogen and oxygen atoms in total. The summed E-state index contributed by atoms with van der Waals surface area (Å²) in [7, 11) is 2.18. The number of hydrogen-bond donors (Lipinski definition) is 0. The Bertz CT molecular complexity index is 709. The summed E-state index contributed by atoms with van der Waals surface area (Å²) in [5, 5.41) is 0. The summed E-state index contributed by atoms with van der Waals surface area (Å²) < 4.78 is 6.20.